The molecule has 1 amide bonds. The van der Waals surface area contributed by atoms with E-state index in [9.17, 15) is 4.79 Å². The molecule has 0 aliphatic rings. The number of nitrogens with zero attached hydrogens (tertiary/aromatic N) is 1. The number of aliphatic imine (C=N–C) groups is 1. The molecule has 4 N–H and O–H groups in total. The lowest BCUT2D eigenvalue weighted by Crippen LogP contribution is -2.09. The van der Waals surface area contributed by atoms with Gasteiger partial charge < -0.3 is 11.5 Å². The van der Waals surface area contributed by atoms with Gasteiger partial charge in [0.1, 0.15) is 0 Å². The Labute approximate surface area is 125 Å². The van der Waals surface area contributed by atoms with E-state index in [1.807, 2.05) is 17.8 Å². The molecule has 1 aromatic rings. The predicted molar refractivity (Wildman–Crippen MR) is 86.5 cm³/mol. The van der Waals surface area contributed by atoms with Gasteiger partial charge in [-0.3, -0.25) is 4.79 Å². The number of rotatable bonds is 8. The van der Waals surface area contributed by atoms with Gasteiger partial charge in [-0.1, -0.05) is 6.92 Å². The Morgan fingerprint density at radius 3 is 2.65 bits per heavy atom. The Morgan fingerprint density at radius 2 is 2.05 bits per heavy atom. The molecule has 5 heteroatoms. The Bertz CT molecular complexity index is 482. The van der Waals surface area contributed by atoms with Crippen LogP contribution < -0.4 is 11.5 Å². The fourth-order valence-corrected chi connectivity index (χ4v) is 2.96. The summed E-state index contributed by atoms with van der Waals surface area (Å²) in [6, 6.07) is 6.17. The van der Waals surface area contributed by atoms with E-state index >= 15 is 0 Å². The number of carbonyl (C=O) groups is 1. The number of hydrogen-bond donors (Lipinski definition) is 2. The first-order chi connectivity index (χ1) is 9.52. The van der Waals surface area contributed by atoms with Crippen LogP contribution in [0, 0.1) is 0 Å². The minimum atomic E-state index is -0.219. The standard InChI is InChI=1S/C15H23N3OS/c1-3-12-10-13(18-11(2)16)7-8-14(12)20-9-5-4-6-15(17)19/h7-8,10H,3-6,9H2,1-2H3,(H2,16,18)(H2,17,19). The van der Waals surface area contributed by atoms with Crippen molar-refractivity contribution in [2.24, 2.45) is 16.5 Å². The van der Waals surface area contributed by atoms with Gasteiger partial charge in [0.15, 0.2) is 0 Å². The smallest absolute Gasteiger partial charge is 0.217 e. The summed E-state index contributed by atoms with van der Waals surface area (Å²) in [5, 5.41) is 0. The lowest BCUT2D eigenvalue weighted by molar-refractivity contribution is -0.118. The highest BCUT2D eigenvalue weighted by atomic mass is 32.2. The number of thioether (sulfide) groups is 1. The second-order valence-electron chi connectivity index (χ2n) is 4.67. The van der Waals surface area contributed by atoms with Crippen molar-refractivity contribution >= 4 is 29.2 Å². The van der Waals surface area contributed by atoms with Crippen molar-refractivity contribution < 1.29 is 4.79 Å². The highest BCUT2D eigenvalue weighted by Gasteiger charge is 2.03. The summed E-state index contributed by atoms with van der Waals surface area (Å²) in [7, 11) is 0. The summed E-state index contributed by atoms with van der Waals surface area (Å²) in [5.74, 6) is 1.35. The fourth-order valence-electron chi connectivity index (χ4n) is 1.84. The molecule has 0 aliphatic carbocycles. The molecule has 0 atom stereocenters. The molecule has 0 aliphatic heterocycles. The third-order valence-electron chi connectivity index (χ3n) is 2.81. The summed E-state index contributed by atoms with van der Waals surface area (Å²) in [5.41, 5.74) is 12.9. The van der Waals surface area contributed by atoms with Crippen LogP contribution in [0.2, 0.25) is 0 Å². The van der Waals surface area contributed by atoms with Crippen molar-refractivity contribution in [3.05, 3.63) is 23.8 Å². The molecule has 20 heavy (non-hydrogen) atoms. The SMILES string of the molecule is CCc1cc(N=C(C)N)ccc1SCCCCC(N)=O. The molecule has 0 heterocycles. The molecule has 0 aromatic heterocycles. The van der Waals surface area contributed by atoms with Crippen LogP contribution in [0.4, 0.5) is 5.69 Å². The maximum atomic E-state index is 10.7. The minimum Gasteiger partial charge on any atom is -0.387 e. The predicted octanol–water partition coefficient (Wildman–Crippen LogP) is 3.01. The molecule has 0 fully saturated rings. The van der Waals surface area contributed by atoms with Crippen LogP contribution in [-0.4, -0.2) is 17.5 Å². The molecule has 0 unspecified atom stereocenters. The maximum absolute atomic E-state index is 10.7. The summed E-state index contributed by atoms with van der Waals surface area (Å²) in [4.78, 5) is 16.2. The molecule has 4 nitrogen and oxygen atoms in total. The van der Waals surface area contributed by atoms with E-state index in [2.05, 4.69) is 24.0 Å². The van der Waals surface area contributed by atoms with Crippen LogP contribution in [-0.2, 0) is 11.2 Å². The summed E-state index contributed by atoms with van der Waals surface area (Å²) < 4.78 is 0. The van der Waals surface area contributed by atoms with Gasteiger partial charge in [0.25, 0.3) is 0 Å². The molecule has 0 spiro atoms. The maximum Gasteiger partial charge on any atom is 0.217 e. The Kier molecular flexibility index (Phi) is 7.15. The zero-order chi connectivity index (χ0) is 15.0. The monoisotopic (exact) mass is 293 g/mol. The molecule has 0 saturated carbocycles. The van der Waals surface area contributed by atoms with Gasteiger partial charge in [-0.2, -0.15) is 0 Å². The van der Waals surface area contributed by atoms with Gasteiger partial charge >= 0.3 is 0 Å². The molecule has 1 rings (SSSR count). The zero-order valence-electron chi connectivity index (χ0n) is 12.2. The Hall–Kier alpha value is -1.49. The van der Waals surface area contributed by atoms with Gasteiger partial charge in [0.05, 0.1) is 11.5 Å². The van der Waals surface area contributed by atoms with Crippen LogP contribution in [0.5, 0.6) is 0 Å². The van der Waals surface area contributed by atoms with Crippen molar-refractivity contribution in [1.82, 2.24) is 0 Å². The number of aryl methyl sites for hydroxylation is 1. The van der Waals surface area contributed by atoms with Crippen LogP contribution in [0.3, 0.4) is 0 Å². The third kappa shape index (κ3) is 6.10. The molecular weight excluding hydrogens is 270 g/mol. The largest absolute Gasteiger partial charge is 0.387 e. The molecular formula is C15H23N3OS. The normalized spacial score (nSPS) is 11.6. The van der Waals surface area contributed by atoms with E-state index < -0.39 is 0 Å². The van der Waals surface area contributed by atoms with Crippen LogP contribution >= 0.6 is 11.8 Å². The first-order valence-electron chi connectivity index (χ1n) is 6.87. The van der Waals surface area contributed by atoms with Crippen molar-refractivity contribution in [1.29, 1.82) is 0 Å². The van der Waals surface area contributed by atoms with Crippen molar-refractivity contribution in [3.8, 4) is 0 Å². The molecule has 0 bridgehead atoms. The minimum absolute atomic E-state index is 0.219. The van der Waals surface area contributed by atoms with Crippen molar-refractivity contribution in [3.63, 3.8) is 0 Å². The first-order valence-corrected chi connectivity index (χ1v) is 7.86. The van der Waals surface area contributed by atoms with Gasteiger partial charge in [-0.25, -0.2) is 4.99 Å². The number of nitrogens with two attached hydrogens (primary N) is 2. The van der Waals surface area contributed by atoms with Crippen LogP contribution in [0.25, 0.3) is 0 Å². The number of benzene rings is 1. The van der Waals surface area contributed by atoms with Gasteiger partial charge in [0.2, 0.25) is 5.91 Å². The molecule has 1 aromatic carbocycles. The Morgan fingerprint density at radius 1 is 1.30 bits per heavy atom. The zero-order valence-corrected chi connectivity index (χ0v) is 13.0. The van der Waals surface area contributed by atoms with Crippen LogP contribution in [0.1, 0.15) is 38.7 Å². The van der Waals surface area contributed by atoms with E-state index in [0.717, 1.165) is 30.7 Å². The highest BCUT2D eigenvalue weighted by Crippen LogP contribution is 2.28. The summed E-state index contributed by atoms with van der Waals surface area (Å²) >= 11 is 1.82. The molecule has 0 radical (unpaired) electrons. The lowest BCUT2D eigenvalue weighted by atomic mass is 10.1. The second kappa shape index (κ2) is 8.64. The third-order valence-corrected chi connectivity index (χ3v) is 4.01. The van der Waals surface area contributed by atoms with Gasteiger partial charge in [-0.05, 0) is 55.7 Å². The van der Waals surface area contributed by atoms with E-state index in [1.165, 1.54) is 10.5 Å². The second-order valence-corrected chi connectivity index (χ2v) is 5.81. The number of unbranched alkanes of at least 4 members (excludes halogenated alkanes) is 1. The number of amidine groups is 1. The fraction of sp³-hybridized carbons (Fsp3) is 0.467. The molecule has 0 saturated heterocycles. The molecule has 110 valence electrons. The number of amides is 1. The van der Waals surface area contributed by atoms with Crippen molar-refractivity contribution in [2.45, 2.75) is 44.4 Å². The van der Waals surface area contributed by atoms with E-state index in [1.54, 1.807) is 6.92 Å². The average molecular weight is 293 g/mol. The lowest BCUT2D eigenvalue weighted by Gasteiger charge is -2.08. The first kappa shape index (κ1) is 16.6. The quantitative estimate of drug-likeness (QED) is 0.334. The number of carbonyl (C=O) groups excluding carboxylic acids is 1. The van der Waals surface area contributed by atoms with E-state index in [-0.39, 0.29) is 5.91 Å². The van der Waals surface area contributed by atoms with E-state index in [0.29, 0.717) is 12.3 Å². The average Bonchev–Trinajstić information content (AvgIpc) is 2.38. The number of primary amides is 1. The highest BCUT2D eigenvalue weighted by molar-refractivity contribution is 7.99. The van der Waals surface area contributed by atoms with Gasteiger partial charge in [0, 0.05) is 11.3 Å². The number of hydrogen-bond acceptors (Lipinski definition) is 3. The van der Waals surface area contributed by atoms with Crippen molar-refractivity contribution in [2.75, 3.05) is 5.75 Å². The topological polar surface area (TPSA) is 81.5 Å². The summed E-state index contributed by atoms with van der Waals surface area (Å²) in [6.45, 7) is 3.92. The van der Waals surface area contributed by atoms with Gasteiger partial charge in [-0.15, -0.1) is 11.8 Å². The Balaban J connectivity index is 2.57. The van der Waals surface area contributed by atoms with Crippen LogP contribution in [0.15, 0.2) is 28.1 Å². The summed E-state index contributed by atoms with van der Waals surface area (Å²) in [6.07, 6.45) is 3.30. The van der Waals surface area contributed by atoms with E-state index in [4.69, 9.17) is 11.5 Å².